The first-order valence-electron chi connectivity index (χ1n) is 7.10. The molecular weight excluding hydrogens is 312 g/mol. The van der Waals surface area contributed by atoms with Gasteiger partial charge in [0.15, 0.2) is 0 Å². The molecule has 2 N–H and O–H groups in total. The summed E-state index contributed by atoms with van der Waals surface area (Å²) in [5.74, 6) is 1.39. The maximum absolute atomic E-state index is 13.6. The summed E-state index contributed by atoms with van der Waals surface area (Å²) in [5, 5.41) is 4.69. The van der Waals surface area contributed by atoms with Crippen LogP contribution in [0.4, 0.5) is 10.2 Å². The van der Waals surface area contributed by atoms with E-state index in [2.05, 4.69) is 14.3 Å². The zero-order valence-electron chi connectivity index (χ0n) is 12.9. The summed E-state index contributed by atoms with van der Waals surface area (Å²) in [5.41, 5.74) is 8.79. The number of hydrogen-bond donors (Lipinski definition) is 1. The van der Waals surface area contributed by atoms with Gasteiger partial charge in [-0.1, -0.05) is 15.3 Å². The van der Waals surface area contributed by atoms with Crippen molar-refractivity contribution in [2.24, 2.45) is 0 Å². The smallest absolute Gasteiger partial charge is 0.137 e. The number of rotatable bonds is 3. The van der Waals surface area contributed by atoms with Gasteiger partial charge in [-0.05, 0) is 49.7 Å². The molecule has 1 unspecified atom stereocenters. The lowest BCUT2D eigenvalue weighted by Gasteiger charge is -2.12. The summed E-state index contributed by atoms with van der Waals surface area (Å²) in [6.07, 6.45) is 1.73. The quantitative estimate of drug-likeness (QED) is 0.748. The second kappa shape index (κ2) is 6.01. The number of halogens is 1. The molecule has 0 bridgehead atoms. The predicted octanol–water partition coefficient (Wildman–Crippen LogP) is 3.50. The lowest BCUT2D eigenvalue weighted by atomic mass is 10.2. The molecule has 0 saturated carbocycles. The lowest BCUT2D eigenvalue weighted by Crippen LogP contribution is -2.05. The molecular formula is C17H17FN3OP. The van der Waals surface area contributed by atoms with Gasteiger partial charge in [0.25, 0.3) is 0 Å². The number of nitrogens with two attached hydrogens (primary N) is 1. The lowest BCUT2D eigenvalue weighted by molar-refractivity contribution is 0.482. The molecule has 6 heteroatoms. The predicted molar refractivity (Wildman–Crippen MR) is 93.3 cm³/mol. The Balaban J connectivity index is 1.93. The molecule has 1 atom stereocenters. The second-order valence-electron chi connectivity index (χ2n) is 5.33. The van der Waals surface area contributed by atoms with Crippen molar-refractivity contribution in [1.82, 2.24) is 9.78 Å². The third-order valence-corrected chi connectivity index (χ3v) is 4.20. The molecule has 23 heavy (non-hydrogen) atoms. The van der Waals surface area contributed by atoms with E-state index in [-0.39, 0.29) is 5.82 Å². The molecule has 0 spiro atoms. The number of nitrogen functional groups attached to an aromatic ring is 1. The SMILES string of the molecule is Cc1cc(Oc2cccc(F)c2P)ccc1-n1ncc(C)c1N. The van der Waals surface area contributed by atoms with E-state index in [0.717, 1.165) is 16.8 Å². The zero-order valence-corrected chi connectivity index (χ0v) is 14.0. The fraction of sp³-hybridized carbons (Fsp3) is 0.118. The second-order valence-corrected chi connectivity index (χ2v) is 5.90. The van der Waals surface area contributed by atoms with Crippen LogP contribution in [0.2, 0.25) is 0 Å². The van der Waals surface area contributed by atoms with Crippen LogP contribution in [-0.4, -0.2) is 9.78 Å². The Labute approximate surface area is 136 Å². The minimum absolute atomic E-state index is 0.319. The number of benzene rings is 2. The van der Waals surface area contributed by atoms with Crippen LogP contribution in [0.25, 0.3) is 5.69 Å². The topological polar surface area (TPSA) is 53.1 Å². The Morgan fingerprint density at radius 3 is 2.61 bits per heavy atom. The maximum Gasteiger partial charge on any atom is 0.137 e. The molecule has 2 aromatic carbocycles. The molecule has 3 aromatic rings. The molecule has 0 saturated heterocycles. The molecule has 0 fully saturated rings. The highest BCUT2D eigenvalue weighted by Crippen LogP contribution is 2.27. The number of aryl methyl sites for hydroxylation is 2. The average molecular weight is 329 g/mol. The highest BCUT2D eigenvalue weighted by Gasteiger charge is 2.11. The Kier molecular flexibility index (Phi) is 4.05. The van der Waals surface area contributed by atoms with Crippen LogP contribution in [0.3, 0.4) is 0 Å². The summed E-state index contributed by atoms with van der Waals surface area (Å²) in [7, 11) is 2.36. The summed E-state index contributed by atoms with van der Waals surface area (Å²) >= 11 is 0. The van der Waals surface area contributed by atoms with Crippen molar-refractivity contribution in [2.75, 3.05) is 5.73 Å². The van der Waals surface area contributed by atoms with E-state index in [0.29, 0.717) is 22.6 Å². The molecule has 0 radical (unpaired) electrons. The maximum atomic E-state index is 13.6. The van der Waals surface area contributed by atoms with Crippen LogP contribution in [0.1, 0.15) is 11.1 Å². The third-order valence-electron chi connectivity index (χ3n) is 3.64. The summed E-state index contributed by atoms with van der Waals surface area (Å²) in [6.45, 7) is 3.86. The van der Waals surface area contributed by atoms with E-state index in [1.807, 2.05) is 32.0 Å². The van der Waals surface area contributed by atoms with E-state index in [1.54, 1.807) is 23.0 Å². The minimum atomic E-state index is -0.319. The van der Waals surface area contributed by atoms with Crippen molar-refractivity contribution in [1.29, 1.82) is 0 Å². The van der Waals surface area contributed by atoms with Crippen molar-refractivity contribution < 1.29 is 9.13 Å². The molecule has 0 aliphatic carbocycles. The number of anilines is 1. The van der Waals surface area contributed by atoms with Gasteiger partial charge in [-0.3, -0.25) is 0 Å². The van der Waals surface area contributed by atoms with E-state index in [9.17, 15) is 4.39 Å². The van der Waals surface area contributed by atoms with E-state index in [1.165, 1.54) is 6.07 Å². The van der Waals surface area contributed by atoms with Crippen molar-refractivity contribution in [3.05, 3.63) is 59.5 Å². The summed E-state index contributed by atoms with van der Waals surface area (Å²) in [6, 6.07) is 10.3. The van der Waals surface area contributed by atoms with Gasteiger partial charge in [-0.2, -0.15) is 5.10 Å². The molecule has 4 nitrogen and oxygen atoms in total. The van der Waals surface area contributed by atoms with Crippen LogP contribution in [0.5, 0.6) is 11.5 Å². The zero-order chi connectivity index (χ0) is 16.6. The van der Waals surface area contributed by atoms with Crippen LogP contribution < -0.4 is 15.8 Å². The Hall–Kier alpha value is -2.39. The fourth-order valence-corrected chi connectivity index (χ4v) is 2.55. The van der Waals surface area contributed by atoms with Crippen molar-refractivity contribution in [3.8, 4) is 17.2 Å². The van der Waals surface area contributed by atoms with Crippen molar-refractivity contribution >= 4 is 20.4 Å². The first kappa shape index (κ1) is 15.5. The van der Waals surface area contributed by atoms with Gasteiger partial charge >= 0.3 is 0 Å². The third kappa shape index (κ3) is 2.92. The van der Waals surface area contributed by atoms with E-state index < -0.39 is 0 Å². The number of hydrogen-bond acceptors (Lipinski definition) is 3. The van der Waals surface area contributed by atoms with Gasteiger partial charge in [0.2, 0.25) is 0 Å². The standard InChI is InChI=1S/C17H17FN3OP/c1-10-8-12(22-15-5-3-4-13(18)16(15)23)6-7-14(10)21-17(19)11(2)9-20-21/h3-9H,19,23H2,1-2H3. The molecule has 1 heterocycles. The highest BCUT2D eigenvalue weighted by molar-refractivity contribution is 7.27. The monoisotopic (exact) mass is 329 g/mol. The molecule has 118 valence electrons. The Bertz CT molecular complexity index is 876. The summed E-state index contributed by atoms with van der Waals surface area (Å²) < 4.78 is 21.0. The number of nitrogens with zero attached hydrogens (tertiary/aromatic N) is 2. The van der Waals surface area contributed by atoms with Gasteiger partial charge in [-0.15, -0.1) is 0 Å². The molecule has 0 aliphatic heterocycles. The van der Waals surface area contributed by atoms with Crippen LogP contribution in [0, 0.1) is 19.7 Å². The normalized spacial score (nSPS) is 10.8. The summed E-state index contributed by atoms with van der Waals surface area (Å²) in [4.78, 5) is 0. The molecule has 3 rings (SSSR count). The average Bonchev–Trinajstić information content (AvgIpc) is 2.84. The van der Waals surface area contributed by atoms with Crippen LogP contribution in [0.15, 0.2) is 42.6 Å². The van der Waals surface area contributed by atoms with E-state index >= 15 is 0 Å². The van der Waals surface area contributed by atoms with Crippen molar-refractivity contribution in [3.63, 3.8) is 0 Å². The molecule has 0 amide bonds. The molecule has 0 aliphatic rings. The van der Waals surface area contributed by atoms with Gasteiger partial charge in [0.05, 0.1) is 11.9 Å². The largest absolute Gasteiger partial charge is 0.457 e. The van der Waals surface area contributed by atoms with Crippen LogP contribution in [-0.2, 0) is 0 Å². The van der Waals surface area contributed by atoms with Gasteiger partial charge < -0.3 is 10.5 Å². The van der Waals surface area contributed by atoms with Gasteiger partial charge in [0, 0.05) is 10.9 Å². The van der Waals surface area contributed by atoms with E-state index in [4.69, 9.17) is 10.5 Å². The van der Waals surface area contributed by atoms with Gasteiger partial charge in [0.1, 0.15) is 23.1 Å². The minimum Gasteiger partial charge on any atom is -0.457 e. The first-order chi connectivity index (χ1) is 11.0. The highest BCUT2D eigenvalue weighted by atomic mass is 31.0. The molecule has 1 aromatic heterocycles. The van der Waals surface area contributed by atoms with Crippen LogP contribution >= 0.6 is 9.24 Å². The number of aromatic nitrogens is 2. The first-order valence-corrected chi connectivity index (χ1v) is 7.68. The Morgan fingerprint density at radius 1 is 1.17 bits per heavy atom. The Morgan fingerprint density at radius 2 is 1.96 bits per heavy atom. The number of ether oxygens (including phenoxy) is 1. The van der Waals surface area contributed by atoms with Crippen molar-refractivity contribution in [2.45, 2.75) is 13.8 Å². The van der Waals surface area contributed by atoms with Gasteiger partial charge in [-0.25, -0.2) is 9.07 Å². The fourth-order valence-electron chi connectivity index (χ4n) is 2.29.